The van der Waals surface area contributed by atoms with Crippen LogP contribution in [0.2, 0.25) is 0 Å². The van der Waals surface area contributed by atoms with Gasteiger partial charge in [-0.3, -0.25) is 0 Å². The zero-order valence-electron chi connectivity index (χ0n) is 10.9. The third kappa shape index (κ3) is 2.75. The first-order chi connectivity index (χ1) is 10.2. The summed E-state index contributed by atoms with van der Waals surface area (Å²) in [5, 5.41) is 14.7. The summed E-state index contributed by atoms with van der Waals surface area (Å²) in [6, 6.07) is 15.8. The van der Waals surface area contributed by atoms with Gasteiger partial charge in [0.2, 0.25) is 0 Å². The van der Waals surface area contributed by atoms with Crippen molar-refractivity contribution < 1.29 is 9.50 Å². The Morgan fingerprint density at radius 1 is 1.10 bits per heavy atom. The van der Waals surface area contributed by atoms with Crippen LogP contribution in [0.15, 0.2) is 65.3 Å². The number of halogens is 2. The van der Waals surface area contributed by atoms with Crippen LogP contribution in [0.3, 0.4) is 0 Å². The molecule has 0 aliphatic carbocycles. The second-order valence-corrected chi connectivity index (χ2v) is 5.43. The molecule has 1 heterocycles. The van der Waals surface area contributed by atoms with Gasteiger partial charge in [-0.2, -0.15) is 5.10 Å². The SMILES string of the molecule is OC(c1ccc(Br)c(F)c1)c1ccnn1-c1ccccc1. The smallest absolute Gasteiger partial charge is 0.137 e. The zero-order chi connectivity index (χ0) is 14.8. The van der Waals surface area contributed by atoms with Gasteiger partial charge in [-0.1, -0.05) is 24.3 Å². The first kappa shape index (κ1) is 14.0. The molecule has 0 saturated heterocycles. The van der Waals surface area contributed by atoms with Crippen molar-refractivity contribution in [1.82, 2.24) is 9.78 Å². The Morgan fingerprint density at radius 2 is 1.86 bits per heavy atom. The second-order valence-electron chi connectivity index (χ2n) is 4.58. The van der Waals surface area contributed by atoms with Crippen LogP contribution >= 0.6 is 15.9 Å². The van der Waals surface area contributed by atoms with Crippen molar-refractivity contribution in [2.75, 3.05) is 0 Å². The van der Waals surface area contributed by atoms with Crippen LogP contribution in [-0.2, 0) is 0 Å². The lowest BCUT2D eigenvalue weighted by atomic mass is 10.1. The molecule has 0 aliphatic rings. The number of benzene rings is 2. The maximum absolute atomic E-state index is 13.6. The highest BCUT2D eigenvalue weighted by atomic mass is 79.9. The zero-order valence-corrected chi connectivity index (χ0v) is 12.5. The van der Waals surface area contributed by atoms with Crippen molar-refractivity contribution in [2.45, 2.75) is 6.10 Å². The number of hydrogen-bond acceptors (Lipinski definition) is 2. The van der Waals surface area contributed by atoms with Crippen LogP contribution in [-0.4, -0.2) is 14.9 Å². The summed E-state index contributed by atoms with van der Waals surface area (Å²) in [7, 11) is 0. The minimum absolute atomic E-state index is 0.370. The summed E-state index contributed by atoms with van der Waals surface area (Å²) in [6.07, 6.45) is 0.663. The normalized spacial score (nSPS) is 12.3. The van der Waals surface area contributed by atoms with E-state index in [0.717, 1.165) is 5.69 Å². The van der Waals surface area contributed by atoms with Gasteiger partial charge in [-0.15, -0.1) is 0 Å². The molecule has 0 spiro atoms. The lowest BCUT2D eigenvalue weighted by molar-refractivity contribution is 0.211. The van der Waals surface area contributed by atoms with E-state index < -0.39 is 11.9 Å². The van der Waals surface area contributed by atoms with E-state index in [1.54, 1.807) is 29.1 Å². The Hall–Kier alpha value is -1.98. The molecule has 3 aromatic rings. The Bertz CT molecular complexity index is 758. The molecule has 0 amide bonds. The highest BCUT2D eigenvalue weighted by Crippen LogP contribution is 2.26. The molecule has 1 aromatic heterocycles. The molecule has 1 N–H and O–H groups in total. The van der Waals surface area contributed by atoms with Gasteiger partial charge < -0.3 is 5.11 Å². The molecule has 1 atom stereocenters. The molecule has 21 heavy (non-hydrogen) atoms. The third-order valence-electron chi connectivity index (χ3n) is 3.21. The van der Waals surface area contributed by atoms with E-state index in [1.807, 2.05) is 30.3 Å². The molecule has 3 nitrogen and oxygen atoms in total. The van der Waals surface area contributed by atoms with Crippen LogP contribution in [0.5, 0.6) is 0 Å². The lowest BCUT2D eigenvalue weighted by Gasteiger charge is -2.14. The maximum Gasteiger partial charge on any atom is 0.137 e. The largest absolute Gasteiger partial charge is 0.382 e. The first-order valence-electron chi connectivity index (χ1n) is 6.39. The molecule has 0 bridgehead atoms. The third-order valence-corrected chi connectivity index (χ3v) is 3.86. The minimum atomic E-state index is -0.949. The number of aliphatic hydroxyl groups is 1. The summed E-state index contributed by atoms with van der Waals surface area (Å²) in [5.41, 5.74) is 1.91. The van der Waals surface area contributed by atoms with Crippen LogP contribution in [0, 0.1) is 5.82 Å². The fourth-order valence-electron chi connectivity index (χ4n) is 2.16. The molecule has 3 rings (SSSR count). The average molecular weight is 347 g/mol. The van der Waals surface area contributed by atoms with E-state index in [0.29, 0.717) is 15.7 Å². The topological polar surface area (TPSA) is 38.1 Å². The molecule has 2 aromatic carbocycles. The average Bonchev–Trinajstić information content (AvgIpc) is 2.99. The summed E-state index contributed by atoms with van der Waals surface area (Å²) in [5.74, 6) is -0.405. The molecule has 5 heteroatoms. The van der Waals surface area contributed by atoms with Crippen LogP contribution in [0.4, 0.5) is 4.39 Å². The van der Waals surface area contributed by atoms with Gasteiger partial charge in [0.15, 0.2) is 0 Å². The summed E-state index contributed by atoms with van der Waals surface area (Å²) in [6.45, 7) is 0. The number of para-hydroxylation sites is 1. The van der Waals surface area contributed by atoms with Crippen molar-refractivity contribution in [3.8, 4) is 5.69 Å². The molecule has 0 radical (unpaired) electrons. The molecule has 0 fully saturated rings. The first-order valence-corrected chi connectivity index (χ1v) is 7.18. The molecular weight excluding hydrogens is 335 g/mol. The molecule has 106 valence electrons. The van der Waals surface area contributed by atoms with Crippen LogP contribution in [0.1, 0.15) is 17.4 Å². The van der Waals surface area contributed by atoms with E-state index in [2.05, 4.69) is 21.0 Å². The Balaban J connectivity index is 2.01. The summed E-state index contributed by atoms with van der Waals surface area (Å²) >= 11 is 3.10. The Labute approximate surface area is 129 Å². The van der Waals surface area contributed by atoms with E-state index >= 15 is 0 Å². The number of hydrogen-bond donors (Lipinski definition) is 1. The fraction of sp³-hybridized carbons (Fsp3) is 0.0625. The van der Waals surface area contributed by atoms with Crippen LogP contribution in [0.25, 0.3) is 5.69 Å². The predicted octanol–water partition coefficient (Wildman–Crippen LogP) is 3.86. The van der Waals surface area contributed by atoms with Gasteiger partial charge in [0, 0.05) is 6.20 Å². The predicted molar refractivity (Wildman–Crippen MR) is 81.7 cm³/mol. The molecular formula is C16H12BrFN2O. The number of aliphatic hydroxyl groups excluding tert-OH is 1. The van der Waals surface area contributed by atoms with Crippen molar-refractivity contribution in [1.29, 1.82) is 0 Å². The van der Waals surface area contributed by atoms with E-state index in [1.165, 1.54) is 6.07 Å². The highest BCUT2D eigenvalue weighted by molar-refractivity contribution is 9.10. The van der Waals surface area contributed by atoms with Crippen molar-refractivity contribution >= 4 is 15.9 Å². The van der Waals surface area contributed by atoms with Gasteiger partial charge in [0.1, 0.15) is 11.9 Å². The van der Waals surface area contributed by atoms with Gasteiger partial charge in [-0.25, -0.2) is 9.07 Å². The molecule has 0 aliphatic heterocycles. The van der Waals surface area contributed by atoms with Gasteiger partial charge in [-0.05, 0) is 51.8 Å². The fourth-order valence-corrected chi connectivity index (χ4v) is 2.41. The van der Waals surface area contributed by atoms with E-state index in [4.69, 9.17) is 0 Å². The van der Waals surface area contributed by atoms with Crippen molar-refractivity contribution in [2.24, 2.45) is 0 Å². The number of nitrogens with zero attached hydrogens (tertiary/aromatic N) is 2. The van der Waals surface area contributed by atoms with Gasteiger partial charge in [0.05, 0.1) is 15.9 Å². The minimum Gasteiger partial charge on any atom is -0.382 e. The van der Waals surface area contributed by atoms with Crippen molar-refractivity contribution in [3.05, 3.63) is 82.3 Å². The van der Waals surface area contributed by atoms with Crippen molar-refractivity contribution in [3.63, 3.8) is 0 Å². The van der Waals surface area contributed by atoms with E-state index in [-0.39, 0.29) is 0 Å². The highest BCUT2D eigenvalue weighted by Gasteiger charge is 2.17. The molecule has 0 saturated carbocycles. The Kier molecular flexibility index (Phi) is 3.86. The van der Waals surface area contributed by atoms with Crippen LogP contribution < -0.4 is 0 Å². The van der Waals surface area contributed by atoms with Gasteiger partial charge >= 0.3 is 0 Å². The molecule has 1 unspecified atom stereocenters. The van der Waals surface area contributed by atoms with Gasteiger partial charge in [0.25, 0.3) is 0 Å². The maximum atomic E-state index is 13.6. The standard InChI is InChI=1S/C16H12BrFN2O/c17-13-7-6-11(10-14(13)18)16(21)15-8-9-19-20(15)12-4-2-1-3-5-12/h1-10,16,21H. The quantitative estimate of drug-likeness (QED) is 0.781. The number of aromatic nitrogens is 2. The lowest BCUT2D eigenvalue weighted by Crippen LogP contribution is -2.08. The number of rotatable bonds is 3. The second kappa shape index (κ2) is 5.79. The summed E-state index contributed by atoms with van der Waals surface area (Å²) in [4.78, 5) is 0. The van der Waals surface area contributed by atoms with E-state index in [9.17, 15) is 9.50 Å². The summed E-state index contributed by atoms with van der Waals surface area (Å²) < 4.78 is 15.6. The Morgan fingerprint density at radius 3 is 2.57 bits per heavy atom. The monoisotopic (exact) mass is 346 g/mol.